The number of aliphatic carboxylic acids is 2. The number of aromatic nitrogens is 2. The second kappa shape index (κ2) is 20.0. The van der Waals surface area contributed by atoms with Gasteiger partial charge in [-0.25, -0.2) is 19.0 Å². The second-order valence-corrected chi connectivity index (χ2v) is 13.9. The molecule has 1 unspecified atom stereocenters. The number of carbonyl (C=O) groups excluding carboxylic acids is 1. The fourth-order valence-electron chi connectivity index (χ4n) is 7.55. The van der Waals surface area contributed by atoms with E-state index in [1.807, 2.05) is 30.0 Å². The van der Waals surface area contributed by atoms with E-state index in [0.717, 1.165) is 81.1 Å². The maximum atomic E-state index is 14.1. The fraction of sp³-hybridized carbons (Fsp3) is 0.429. The summed E-state index contributed by atoms with van der Waals surface area (Å²) in [5, 5.41) is 15.6. The van der Waals surface area contributed by atoms with Crippen molar-refractivity contribution in [2.75, 3.05) is 85.3 Å². The van der Waals surface area contributed by atoms with Gasteiger partial charge in [-0.3, -0.25) is 4.79 Å². The van der Waals surface area contributed by atoms with Gasteiger partial charge in [-0.1, -0.05) is 24.3 Å². The summed E-state index contributed by atoms with van der Waals surface area (Å²) in [7, 11) is 4.63. The van der Waals surface area contributed by atoms with Crippen LogP contribution in [0.1, 0.15) is 42.1 Å². The van der Waals surface area contributed by atoms with Crippen molar-refractivity contribution in [1.82, 2.24) is 19.4 Å². The minimum absolute atomic E-state index is 0.0964. The molecule has 2 N–H and O–H groups in total. The van der Waals surface area contributed by atoms with E-state index in [1.54, 1.807) is 33.5 Å². The highest BCUT2D eigenvalue weighted by molar-refractivity contribution is 5.96. The van der Waals surface area contributed by atoms with E-state index in [4.69, 9.17) is 34.1 Å². The van der Waals surface area contributed by atoms with Crippen molar-refractivity contribution in [3.05, 3.63) is 89.8 Å². The summed E-state index contributed by atoms with van der Waals surface area (Å²) in [4.78, 5) is 44.9. The molecule has 2 saturated heterocycles. The summed E-state index contributed by atoms with van der Waals surface area (Å²) >= 11 is 0. The Morgan fingerprint density at radius 3 is 2.18 bits per heavy atom. The smallest absolute Gasteiger partial charge is 0.328 e. The lowest BCUT2D eigenvalue weighted by molar-refractivity contribution is -0.134. The number of benzene rings is 3. The topological polar surface area (TPSA) is 156 Å². The third-order valence-corrected chi connectivity index (χ3v) is 10.5. The average Bonchev–Trinajstić information content (AvgIpc) is 3.73. The minimum Gasteiger partial charge on any atom is -0.493 e. The van der Waals surface area contributed by atoms with E-state index in [2.05, 4.69) is 32.6 Å². The molecule has 57 heavy (non-hydrogen) atoms. The molecule has 6 rings (SSSR count). The zero-order valence-electron chi connectivity index (χ0n) is 33.0. The van der Waals surface area contributed by atoms with Gasteiger partial charge in [0.1, 0.15) is 5.82 Å². The fourth-order valence-corrected chi connectivity index (χ4v) is 7.55. The number of likely N-dealkylation sites (tertiary alicyclic amines) is 1. The van der Waals surface area contributed by atoms with Crippen molar-refractivity contribution in [2.24, 2.45) is 0 Å². The Bertz CT molecular complexity index is 1980. The van der Waals surface area contributed by atoms with E-state index in [0.29, 0.717) is 61.3 Å². The van der Waals surface area contributed by atoms with Crippen molar-refractivity contribution in [3.8, 4) is 17.2 Å². The number of anilines is 1. The number of hydrogen-bond donors (Lipinski definition) is 2. The van der Waals surface area contributed by atoms with Crippen molar-refractivity contribution in [3.63, 3.8) is 0 Å². The molecule has 1 atom stereocenters. The Hall–Kier alpha value is -5.67. The third kappa shape index (κ3) is 10.6. The molecular weight excluding hydrogens is 737 g/mol. The van der Waals surface area contributed by atoms with Gasteiger partial charge in [0.2, 0.25) is 11.7 Å². The van der Waals surface area contributed by atoms with Crippen molar-refractivity contribution < 1.29 is 47.9 Å². The Morgan fingerprint density at radius 1 is 0.860 bits per heavy atom. The van der Waals surface area contributed by atoms with Crippen LogP contribution in [0.15, 0.2) is 72.8 Å². The first kappa shape index (κ1) is 42.5. The van der Waals surface area contributed by atoms with Gasteiger partial charge in [0.25, 0.3) is 5.91 Å². The highest BCUT2D eigenvalue weighted by Crippen LogP contribution is 2.41. The van der Waals surface area contributed by atoms with E-state index in [9.17, 15) is 18.8 Å². The highest BCUT2D eigenvalue weighted by Gasteiger charge is 2.42. The van der Waals surface area contributed by atoms with Gasteiger partial charge in [-0.15, -0.1) is 0 Å². The first-order valence-electron chi connectivity index (χ1n) is 19.0. The molecule has 15 heteroatoms. The quantitative estimate of drug-likeness (QED) is 0.118. The lowest BCUT2D eigenvalue weighted by Crippen LogP contribution is -2.39. The number of ether oxygens (including phenoxy) is 4. The predicted molar refractivity (Wildman–Crippen MR) is 213 cm³/mol. The molecule has 3 heterocycles. The number of hydrogen-bond acceptors (Lipinski definition) is 10. The van der Waals surface area contributed by atoms with Crippen LogP contribution in [0, 0.1) is 5.82 Å². The normalized spacial score (nSPS) is 17.3. The lowest BCUT2D eigenvalue weighted by atomic mass is 9.76. The molecule has 0 aliphatic carbocycles. The molecule has 0 bridgehead atoms. The first-order valence-corrected chi connectivity index (χ1v) is 19.0. The minimum atomic E-state index is -1.26. The molecule has 1 amide bonds. The third-order valence-electron chi connectivity index (χ3n) is 10.5. The van der Waals surface area contributed by atoms with E-state index < -0.39 is 11.9 Å². The van der Waals surface area contributed by atoms with Gasteiger partial charge in [-0.05, 0) is 81.2 Å². The zero-order chi connectivity index (χ0) is 41.0. The van der Waals surface area contributed by atoms with Crippen LogP contribution in [0.3, 0.4) is 0 Å². The number of para-hydroxylation sites is 2. The number of nitrogens with zero attached hydrogens (tertiary/aromatic N) is 5. The molecule has 1 aromatic heterocycles. The number of methoxy groups -OCH3 is 3. The van der Waals surface area contributed by atoms with Crippen molar-refractivity contribution in [2.45, 2.75) is 38.1 Å². The zero-order valence-corrected chi connectivity index (χ0v) is 33.0. The molecule has 306 valence electrons. The first-order chi connectivity index (χ1) is 27.5. The number of rotatable bonds is 15. The maximum absolute atomic E-state index is 14.1. The van der Waals surface area contributed by atoms with Crippen LogP contribution >= 0.6 is 0 Å². The van der Waals surface area contributed by atoms with Crippen molar-refractivity contribution >= 4 is 34.8 Å². The molecular formula is C42H52FN5O9. The molecule has 14 nitrogen and oxygen atoms in total. The Labute approximate surface area is 332 Å². The standard InChI is InChI=1S/C38H48FN5O5.C4H4O4/c1-5-49-24-23-44-32-10-7-6-9-31(32)40-37(44)42-18-8-17-41(21-22-42)19-15-38(29-11-13-30(39)14-12-29)16-20-43(27-38)36(45)28-25-33(46-2)35(48-4)34(26-28)47-3;5-3(6)1-2-4(7)8/h6-7,9-14,25-26H,5,8,15-24,27H2,1-4H3;1-2H,(H,5,6)(H,7,8). The summed E-state index contributed by atoms with van der Waals surface area (Å²) in [5.41, 5.74) is 3.37. The Morgan fingerprint density at radius 2 is 1.54 bits per heavy atom. The van der Waals surface area contributed by atoms with Gasteiger partial charge in [0, 0.05) is 69.0 Å². The number of imidazole rings is 1. The largest absolute Gasteiger partial charge is 0.493 e. The second-order valence-electron chi connectivity index (χ2n) is 13.9. The Kier molecular flexibility index (Phi) is 14.9. The molecule has 0 radical (unpaired) electrons. The van der Waals surface area contributed by atoms with E-state index >= 15 is 0 Å². The van der Waals surface area contributed by atoms with Gasteiger partial charge in [-0.2, -0.15) is 0 Å². The molecule has 4 aromatic rings. The number of carbonyl (C=O) groups is 3. The van der Waals surface area contributed by atoms with Gasteiger partial charge < -0.3 is 48.4 Å². The van der Waals surface area contributed by atoms with Gasteiger partial charge >= 0.3 is 11.9 Å². The highest BCUT2D eigenvalue weighted by atomic mass is 19.1. The lowest BCUT2D eigenvalue weighted by Gasteiger charge is -2.33. The number of halogens is 1. The van der Waals surface area contributed by atoms with Gasteiger partial charge in [0.05, 0.1) is 39.0 Å². The van der Waals surface area contributed by atoms with Crippen LogP contribution in [0.2, 0.25) is 0 Å². The molecule has 2 aliphatic rings. The summed E-state index contributed by atoms with van der Waals surface area (Å²) in [6.07, 6.45) is 3.78. The van der Waals surface area contributed by atoms with Gasteiger partial charge in [0.15, 0.2) is 11.5 Å². The van der Waals surface area contributed by atoms with Crippen LogP contribution in [-0.4, -0.2) is 128 Å². The molecule has 3 aromatic carbocycles. The Balaban J connectivity index is 0.000000701. The van der Waals surface area contributed by atoms with E-state index in [1.165, 1.54) is 12.1 Å². The number of fused-ring (bicyclic) bond motifs is 1. The van der Waals surface area contributed by atoms with Crippen LogP contribution in [0.4, 0.5) is 10.3 Å². The number of carboxylic acid groups (broad SMARTS) is 2. The van der Waals surface area contributed by atoms with Crippen LogP contribution in [-0.2, 0) is 26.3 Å². The average molecular weight is 790 g/mol. The molecule has 2 aliphatic heterocycles. The van der Waals surface area contributed by atoms with Crippen LogP contribution in [0.5, 0.6) is 17.2 Å². The molecule has 0 spiro atoms. The van der Waals surface area contributed by atoms with Crippen molar-refractivity contribution in [1.29, 1.82) is 0 Å². The van der Waals surface area contributed by atoms with Crippen LogP contribution in [0.25, 0.3) is 11.0 Å². The predicted octanol–water partition coefficient (Wildman–Crippen LogP) is 5.34. The number of carboxylic acids is 2. The van der Waals surface area contributed by atoms with E-state index in [-0.39, 0.29) is 17.1 Å². The maximum Gasteiger partial charge on any atom is 0.328 e. The summed E-state index contributed by atoms with van der Waals surface area (Å²) in [6.45, 7) is 9.80. The number of amides is 1. The monoisotopic (exact) mass is 789 g/mol. The SMILES string of the molecule is CCOCCn1c(N2CCCN(CCC3(c4ccc(F)cc4)CCN(C(=O)c4cc(OC)c(OC)c(OC)c4)C3)CC2)nc2ccccc21.O=C(O)C=CC(=O)O. The van der Waals surface area contributed by atoms with Crippen LogP contribution < -0.4 is 19.1 Å². The summed E-state index contributed by atoms with van der Waals surface area (Å²) < 4.78 is 38.6. The summed E-state index contributed by atoms with van der Waals surface area (Å²) in [5.74, 6) is -0.545. The molecule has 2 fully saturated rings. The molecule has 0 saturated carbocycles. The summed E-state index contributed by atoms with van der Waals surface area (Å²) in [6, 6.07) is 18.6.